The molecule has 3 atom stereocenters. The van der Waals surface area contributed by atoms with E-state index in [1.54, 1.807) is 6.92 Å². The number of piperidine rings is 1. The number of hydrogen-bond donors (Lipinski definition) is 1. The molecule has 2 nitrogen and oxygen atoms in total. The summed E-state index contributed by atoms with van der Waals surface area (Å²) in [4.78, 5) is 2.44. The molecule has 1 saturated heterocycles. The normalized spacial score (nSPS) is 28.1. The molecule has 2 fully saturated rings. The van der Waals surface area contributed by atoms with Gasteiger partial charge >= 0.3 is 0 Å². The first kappa shape index (κ1) is 13.9. The molecule has 0 spiro atoms. The molecule has 1 aromatic rings. The zero-order valence-electron chi connectivity index (χ0n) is 12.2. The van der Waals surface area contributed by atoms with Crippen LogP contribution in [0.25, 0.3) is 0 Å². The van der Waals surface area contributed by atoms with E-state index in [1.807, 2.05) is 6.07 Å². The van der Waals surface area contributed by atoms with Gasteiger partial charge in [0.15, 0.2) is 0 Å². The third-order valence-corrected chi connectivity index (χ3v) is 4.99. The van der Waals surface area contributed by atoms with E-state index in [0.29, 0.717) is 6.04 Å². The summed E-state index contributed by atoms with van der Waals surface area (Å²) in [6.07, 6.45) is 7.12. The largest absolute Gasteiger partial charge is 0.389 e. The Morgan fingerprint density at radius 3 is 2.75 bits per heavy atom. The maximum absolute atomic E-state index is 13.5. The third-order valence-electron chi connectivity index (χ3n) is 4.99. The van der Waals surface area contributed by atoms with Gasteiger partial charge in [0.25, 0.3) is 0 Å². The highest BCUT2D eigenvalue weighted by atomic mass is 19.1. The molecule has 1 saturated carbocycles. The molecule has 1 aliphatic heterocycles. The van der Waals surface area contributed by atoms with E-state index in [4.69, 9.17) is 0 Å². The van der Waals surface area contributed by atoms with Gasteiger partial charge in [0.2, 0.25) is 0 Å². The smallest absolute Gasteiger partial charge is 0.123 e. The van der Waals surface area contributed by atoms with Crippen LogP contribution < -0.4 is 4.90 Å². The Hall–Kier alpha value is -1.09. The van der Waals surface area contributed by atoms with Crippen LogP contribution in [0.5, 0.6) is 0 Å². The molecule has 1 aromatic carbocycles. The summed E-state index contributed by atoms with van der Waals surface area (Å²) in [5, 5.41) is 9.96. The molecule has 20 heavy (non-hydrogen) atoms. The minimum absolute atomic E-state index is 0.262. The van der Waals surface area contributed by atoms with Gasteiger partial charge in [0.1, 0.15) is 5.82 Å². The van der Waals surface area contributed by atoms with Crippen molar-refractivity contribution in [1.29, 1.82) is 0 Å². The Labute approximate surface area is 120 Å². The van der Waals surface area contributed by atoms with Gasteiger partial charge in [0.05, 0.1) is 6.10 Å². The van der Waals surface area contributed by atoms with E-state index < -0.39 is 6.10 Å². The molecule has 1 unspecified atom stereocenters. The fourth-order valence-corrected chi connectivity index (χ4v) is 4.05. The van der Waals surface area contributed by atoms with Gasteiger partial charge in [-0.2, -0.15) is 0 Å². The van der Waals surface area contributed by atoms with Crippen LogP contribution in [-0.4, -0.2) is 17.7 Å². The zero-order chi connectivity index (χ0) is 14.1. The highest BCUT2D eigenvalue weighted by molar-refractivity contribution is 5.56. The molecule has 1 heterocycles. The Balaban J connectivity index is 1.94. The van der Waals surface area contributed by atoms with Gasteiger partial charge in [-0.1, -0.05) is 12.8 Å². The minimum Gasteiger partial charge on any atom is -0.389 e. The lowest BCUT2D eigenvalue weighted by Crippen LogP contribution is -2.47. The molecule has 0 aromatic heterocycles. The van der Waals surface area contributed by atoms with Crippen molar-refractivity contribution in [2.24, 2.45) is 5.92 Å². The minimum atomic E-state index is -0.621. The van der Waals surface area contributed by atoms with Crippen LogP contribution in [0.2, 0.25) is 0 Å². The van der Waals surface area contributed by atoms with E-state index in [0.717, 1.165) is 23.7 Å². The zero-order valence-corrected chi connectivity index (χ0v) is 12.2. The monoisotopic (exact) mass is 277 g/mol. The Kier molecular flexibility index (Phi) is 3.97. The highest BCUT2D eigenvalue weighted by Gasteiger charge is 2.34. The first-order chi connectivity index (χ1) is 9.66. The molecule has 3 rings (SSSR count). The molecule has 1 aliphatic carbocycles. The van der Waals surface area contributed by atoms with E-state index in [9.17, 15) is 9.50 Å². The molecule has 1 N–H and O–H groups in total. The number of fused-ring (bicyclic) bond motifs is 1. The first-order valence-electron chi connectivity index (χ1n) is 7.91. The molecule has 110 valence electrons. The average molecular weight is 277 g/mol. The Morgan fingerprint density at radius 1 is 1.20 bits per heavy atom. The van der Waals surface area contributed by atoms with Crippen molar-refractivity contribution in [3.05, 3.63) is 29.6 Å². The molecule has 0 radical (unpaired) electrons. The van der Waals surface area contributed by atoms with Crippen LogP contribution in [0, 0.1) is 11.7 Å². The molecular formula is C17H24FNO. The maximum atomic E-state index is 13.5. The molecule has 0 amide bonds. The topological polar surface area (TPSA) is 23.5 Å². The number of aliphatic hydroxyl groups is 1. The van der Waals surface area contributed by atoms with Gasteiger partial charge in [-0.3, -0.25) is 0 Å². The second-order valence-corrected chi connectivity index (χ2v) is 6.33. The predicted octanol–water partition coefficient (Wildman–Crippen LogP) is 4.04. The number of aliphatic hydroxyl groups excluding tert-OH is 1. The van der Waals surface area contributed by atoms with Crippen LogP contribution in [0.1, 0.15) is 57.1 Å². The molecule has 3 heteroatoms. The number of anilines is 1. The number of benzene rings is 1. The first-order valence-corrected chi connectivity index (χ1v) is 7.91. The molecular weight excluding hydrogens is 253 g/mol. The quantitative estimate of drug-likeness (QED) is 0.882. The van der Waals surface area contributed by atoms with E-state index in [1.165, 1.54) is 50.7 Å². The lowest BCUT2D eigenvalue weighted by atomic mass is 9.78. The van der Waals surface area contributed by atoms with E-state index in [2.05, 4.69) is 4.90 Å². The van der Waals surface area contributed by atoms with Gasteiger partial charge in [-0.15, -0.1) is 0 Å². The van der Waals surface area contributed by atoms with Crippen LogP contribution in [0.3, 0.4) is 0 Å². The van der Waals surface area contributed by atoms with E-state index >= 15 is 0 Å². The van der Waals surface area contributed by atoms with Crippen molar-refractivity contribution in [1.82, 2.24) is 0 Å². The number of halogens is 1. The fourth-order valence-electron chi connectivity index (χ4n) is 4.05. The van der Waals surface area contributed by atoms with E-state index in [-0.39, 0.29) is 5.82 Å². The van der Waals surface area contributed by atoms with Crippen molar-refractivity contribution >= 4 is 5.69 Å². The van der Waals surface area contributed by atoms with Crippen LogP contribution in [0.4, 0.5) is 10.1 Å². The summed E-state index contributed by atoms with van der Waals surface area (Å²) in [6, 6.07) is 5.45. The van der Waals surface area contributed by atoms with Crippen molar-refractivity contribution < 1.29 is 9.50 Å². The summed E-state index contributed by atoms with van der Waals surface area (Å²) in [7, 11) is 0. The summed E-state index contributed by atoms with van der Waals surface area (Å²) in [6.45, 7) is 2.76. The summed E-state index contributed by atoms with van der Waals surface area (Å²) in [5.41, 5.74) is 1.77. The van der Waals surface area contributed by atoms with Gasteiger partial charge < -0.3 is 10.0 Å². The van der Waals surface area contributed by atoms with Gasteiger partial charge in [-0.25, -0.2) is 4.39 Å². The number of rotatable bonds is 2. The number of nitrogens with zero attached hydrogens (tertiary/aromatic N) is 1. The molecule has 0 bridgehead atoms. The summed E-state index contributed by atoms with van der Waals surface area (Å²) < 4.78 is 13.5. The number of hydrogen-bond acceptors (Lipinski definition) is 2. The van der Waals surface area contributed by atoms with Crippen LogP contribution in [-0.2, 0) is 0 Å². The average Bonchev–Trinajstić information content (AvgIpc) is 2.46. The Bertz CT molecular complexity index is 472. The standard InChI is InChI=1S/C17H24FNO/c1-12(20)15-11-14(18)8-9-17(15)19-10-4-6-13-5-2-3-7-16(13)19/h8-9,11-13,16,20H,2-7,10H2,1H3/t12?,13-,16-/m1/s1. The second kappa shape index (κ2) is 5.72. The van der Waals surface area contributed by atoms with Crippen molar-refractivity contribution in [2.45, 2.75) is 57.6 Å². The van der Waals surface area contributed by atoms with Gasteiger partial charge in [-0.05, 0) is 56.7 Å². The van der Waals surface area contributed by atoms with Crippen molar-refractivity contribution in [2.75, 3.05) is 11.4 Å². The fraction of sp³-hybridized carbons (Fsp3) is 0.647. The lowest BCUT2D eigenvalue weighted by molar-refractivity contribution is 0.197. The third kappa shape index (κ3) is 2.56. The van der Waals surface area contributed by atoms with Crippen LogP contribution >= 0.6 is 0 Å². The maximum Gasteiger partial charge on any atom is 0.123 e. The van der Waals surface area contributed by atoms with Crippen molar-refractivity contribution in [3.63, 3.8) is 0 Å². The van der Waals surface area contributed by atoms with Gasteiger partial charge in [0, 0.05) is 23.8 Å². The summed E-state index contributed by atoms with van der Waals surface area (Å²) >= 11 is 0. The van der Waals surface area contributed by atoms with Crippen LogP contribution in [0.15, 0.2) is 18.2 Å². The second-order valence-electron chi connectivity index (χ2n) is 6.33. The highest BCUT2D eigenvalue weighted by Crippen LogP contribution is 2.40. The SMILES string of the molecule is CC(O)c1cc(F)ccc1N1CCC[C@H]2CCCC[C@H]21. The lowest BCUT2D eigenvalue weighted by Gasteiger charge is -2.46. The molecule has 2 aliphatic rings. The van der Waals surface area contributed by atoms with Crippen molar-refractivity contribution in [3.8, 4) is 0 Å². The Morgan fingerprint density at radius 2 is 1.95 bits per heavy atom. The predicted molar refractivity (Wildman–Crippen MR) is 79.4 cm³/mol. The summed E-state index contributed by atoms with van der Waals surface area (Å²) in [5.74, 6) is 0.520.